The summed E-state index contributed by atoms with van der Waals surface area (Å²) in [5, 5.41) is 6.87. The topological polar surface area (TPSA) is 42.5 Å². The zero-order chi connectivity index (χ0) is 13.8. The highest BCUT2D eigenvalue weighted by Crippen LogP contribution is 2.34. The Labute approximate surface area is 122 Å². The highest BCUT2D eigenvalue weighted by Gasteiger charge is 2.13. The molecule has 0 aromatic heterocycles. The van der Waals surface area contributed by atoms with E-state index in [2.05, 4.69) is 22.8 Å². The van der Waals surface area contributed by atoms with E-state index in [0.717, 1.165) is 17.2 Å². The zero-order valence-corrected chi connectivity index (χ0v) is 11.6. The summed E-state index contributed by atoms with van der Waals surface area (Å²) in [6.07, 6.45) is 0. The van der Waals surface area contributed by atoms with Crippen LogP contribution in [0.5, 0.6) is 11.5 Å². The molecule has 0 amide bonds. The van der Waals surface area contributed by atoms with Gasteiger partial charge in [-0.15, -0.1) is 0 Å². The molecule has 0 bridgehead atoms. The number of thiocarbonyl (C=S) groups is 1. The van der Waals surface area contributed by atoms with Gasteiger partial charge in [0.1, 0.15) is 0 Å². The molecule has 2 aromatic rings. The summed E-state index contributed by atoms with van der Waals surface area (Å²) in [6.45, 7) is 0.965. The van der Waals surface area contributed by atoms with Crippen molar-refractivity contribution in [2.75, 3.05) is 12.1 Å². The Morgan fingerprint density at radius 3 is 2.70 bits per heavy atom. The Bertz CT molecular complexity index is 617. The lowest BCUT2D eigenvalue weighted by molar-refractivity contribution is 0.174. The molecule has 0 saturated carbocycles. The van der Waals surface area contributed by atoms with Crippen molar-refractivity contribution < 1.29 is 9.47 Å². The first-order valence-corrected chi connectivity index (χ1v) is 6.70. The normalized spacial score (nSPS) is 12.0. The van der Waals surface area contributed by atoms with Crippen LogP contribution in [-0.4, -0.2) is 11.9 Å². The first kappa shape index (κ1) is 12.7. The molecule has 3 rings (SSSR count). The van der Waals surface area contributed by atoms with Crippen molar-refractivity contribution in [3.05, 3.63) is 54.1 Å². The molecular formula is C15H14N2O2S. The molecule has 0 atom stereocenters. The number of hydrogen-bond donors (Lipinski definition) is 2. The molecule has 0 fully saturated rings. The number of fused-ring (bicyclic) bond motifs is 1. The van der Waals surface area contributed by atoms with Gasteiger partial charge in [0.2, 0.25) is 6.79 Å². The number of hydrogen-bond acceptors (Lipinski definition) is 3. The summed E-state index contributed by atoms with van der Waals surface area (Å²) in [5.74, 6) is 1.50. The van der Waals surface area contributed by atoms with Gasteiger partial charge in [0, 0.05) is 18.3 Å². The smallest absolute Gasteiger partial charge is 0.231 e. The van der Waals surface area contributed by atoms with Gasteiger partial charge < -0.3 is 20.1 Å². The second-order valence-electron chi connectivity index (χ2n) is 4.36. The van der Waals surface area contributed by atoms with E-state index in [9.17, 15) is 0 Å². The average Bonchev–Trinajstić information content (AvgIpc) is 2.94. The lowest BCUT2D eigenvalue weighted by Crippen LogP contribution is -2.27. The van der Waals surface area contributed by atoms with Crippen molar-refractivity contribution in [3.8, 4) is 11.5 Å². The molecule has 5 heteroatoms. The molecule has 1 aliphatic rings. The lowest BCUT2D eigenvalue weighted by Gasteiger charge is -2.11. The molecule has 4 nitrogen and oxygen atoms in total. The lowest BCUT2D eigenvalue weighted by atomic mass is 10.2. The highest BCUT2D eigenvalue weighted by atomic mass is 32.1. The Balaban J connectivity index is 1.56. The van der Waals surface area contributed by atoms with Crippen LogP contribution < -0.4 is 20.1 Å². The van der Waals surface area contributed by atoms with Gasteiger partial charge in [-0.3, -0.25) is 0 Å². The summed E-state index contributed by atoms with van der Waals surface area (Å²) in [6, 6.07) is 15.8. The minimum absolute atomic E-state index is 0.273. The van der Waals surface area contributed by atoms with Crippen LogP contribution in [0.1, 0.15) is 5.56 Å². The third-order valence-corrected chi connectivity index (χ3v) is 3.17. The van der Waals surface area contributed by atoms with Gasteiger partial charge in [0.25, 0.3) is 0 Å². The van der Waals surface area contributed by atoms with Gasteiger partial charge in [-0.1, -0.05) is 30.3 Å². The summed E-state index contributed by atoms with van der Waals surface area (Å²) < 4.78 is 10.6. The molecule has 20 heavy (non-hydrogen) atoms. The van der Waals surface area contributed by atoms with Crippen molar-refractivity contribution in [2.45, 2.75) is 6.54 Å². The molecule has 102 valence electrons. The Morgan fingerprint density at radius 1 is 1.05 bits per heavy atom. The van der Waals surface area contributed by atoms with Crippen molar-refractivity contribution >= 4 is 23.0 Å². The van der Waals surface area contributed by atoms with Crippen molar-refractivity contribution in [1.29, 1.82) is 0 Å². The average molecular weight is 286 g/mol. The zero-order valence-electron chi connectivity index (χ0n) is 10.8. The first-order valence-electron chi connectivity index (χ1n) is 6.30. The van der Waals surface area contributed by atoms with Crippen LogP contribution in [0.2, 0.25) is 0 Å². The Hall–Kier alpha value is -2.27. The predicted octanol–water partition coefficient (Wildman–Crippen LogP) is 2.90. The monoisotopic (exact) mass is 286 g/mol. The fraction of sp³-hybridized carbons (Fsp3) is 0.133. The SMILES string of the molecule is S=C(NCc1ccccc1)Nc1ccc2c(c1)OCO2. The van der Waals surface area contributed by atoms with Gasteiger partial charge in [-0.05, 0) is 29.9 Å². The van der Waals surface area contributed by atoms with E-state index >= 15 is 0 Å². The summed E-state index contributed by atoms with van der Waals surface area (Å²) in [7, 11) is 0. The number of ether oxygens (including phenoxy) is 2. The maximum atomic E-state index is 5.32. The summed E-state index contributed by atoms with van der Waals surface area (Å²) in [5.41, 5.74) is 2.06. The van der Waals surface area contributed by atoms with E-state index in [1.807, 2.05) is 36.4 Å². The third-order valence-electron chi connectivity index (χ3n) is 2.93. The van der Waals surface area contributed by atoms with Crippen molar-refractivity contribution in [3.63, 3.8) is 0 Å². The standard InChI is InChI=1S/C15H14N2O2S/c20-15(16-9-11-4-2-1-3-5-11)17-12-6-7-13-14(8-12)19-10-18-13/h1-8H,9-10H2,(H2,16,17,20). The fourth-order valence-corrected chi connectivity index (χ4v) is 2.12. The van der Waals surface area contributed by atoms with Gasteiger partial charge in [0.05, 0.1) is 0 Å². The van der Waals surface area contributed by atoms with Gasteiger partial charge >= 0.3 is 0 Å². The quantitative estimate of drug-likeness (QED) is 0.849. The van der Waals surface area contributed by atoms with Crippen molar-refractivity contribution in [1.82, 2.24) is 5.32 Å². The molecule has 1 heterocycles. The second kappa shape index (κ2) is 5.79. The maximum absolute atomic E-state index is 5.32. The van der Waals surface area contributed by atoms with Gasteiger partial charge in [-0.2, -0.15) is 0 Å². The molecule has 0 unspecified atom stereocenters. The third kappa shape index (κ3) is 3.00. The number of nitrogens with one attached hydrogen (secondary N) is 2. The molecule has 0 spiro atoms. The Morgan fingerprint density at radius 2 is 1.85 bits per heavy atom. The van der Waals surface area contributed by atoms with E-state index in [0.29, 0.717) is 11.7 Å². The molecule has 2 N–H and O–H groups in total. The maximum Gasteiger partial charge on any atom is 0.231 e. The highest BCUT2D eigenvalue weighted by molar-refractivity contribution is 7.80. The number of rotatable bonds is 3. The van der Waals surface area contributed by atoms with Crippen LogP contribution in [0.25, 0.3) is 0 Å². The molecule has 0 aliphatic carbocycles. The number of anilines is 1. The van der Waals surface area contributed by atoms with Gasteiger partial charge in [0.15, 0.2) is 16.6 Å². The van der Waals surface area contributed by atoms with E-state index in [4.69, 9.17) is 21.7 Å². The minimum Gasteiger partial charge on any atom is -0.454 e. The van der Waals surface area contributed by atoms with Crippen LogP contribution in [0.15, 0.2) is 48.5 Å². The molecular weight excluding hydrogens is 272 g/mol. The molecule has 1 aliphatic heterocycles. The number of benzene rings is 2. The van der Waals surface area contributed by atoms with Crippen molar-refractivity contribution in [2.24, 2.45) is 0 Å². The van der Waals surface area contributed by atoms with E-state index in [-0.39, 0.29) is 6.79 Å². The molecule has 0 saturated heterocycles. The first-order chi connectivity index (χ1) is 9.81. The van der Waals surface area contributed by atoms with E-state index in [1.54, 1.807) is 0 Å². The van der Waals surface area contributed by atoms with Crippen LogP contribution >= 0.6 is 12.2 Å². The summed E-state index contributed by atoms with van der Waals surface area (Å²) in [4.78, 5) is 0. The van der Waals surface area contributed by atoms with Gasteiger partial charge in [-0.25, -0.2) is 0 Å². The largest absolute Gasteiger partial charge is 0.454 e. The Kier molecular flexibility index (Phi) is 3.69. The molecule has 0 radical (unpaired) electrons. The second-order valence-corrected chi connectivity index (χ2v) is 4.77. The fourth-order valence-electron chi connectivity index (χ4n) is 1.93. The predicted molar refractivity (Wildman–Crippen MR) is 82.1 cm³/mol. The van der Waals surface area contributed by atoms with Crippen LogP contribution in [0, 0.1) is 0 Å². The molecule has 2 aromatic carbocycles. The van der Waals surface area contributed by atoms with E-state index < -0.39 is 0 Å². The van der Waals surface area contributed by atoms with E-state index in [1.165, 1.54) is 5.56 Å². The van der Waals surface area contributed by atoms with Crippen LogP contribution in [0.4, 0.5) is 5.69 Å². The van der Waals surface area contributed by atoms with Crippen LogP contribution in [0.3, 0.4) is 0 Å². The summed E-state index contributed by atoms with van der Waals surface area (Å²) >= 11 is 5.27. The minimum atomic E-state index is 0.273. The van der Waals surface area contributed by atoms with Crippen LogP contribution in [-0.2, 0) is 6.54 Å².